The molecule has 0 aliphatic carbocycles. The molecule has 0 aliphatic heterocycles. The number of fused-ring (bicyclic) bond motifs is 3. The van der Waals surface area contributed by atoms with Crippen LogP contribution in [0.3, 0.4) is 0 Å². The maximum Gasteiger partial charge on any atom is 0.349 e. The summed E-state index contributed by atoms with van der Waals surface area (Å²) in [6.07, 6.45) is 0. The van der Waals surface area contributed by atoms with E-state index in [9.17, 15) is 14.9 Å². The minimum Gasteiger partial charge on any atom is -0.496 e. The summed E-state index contributed by atoms with van der Waals surface area (Å²) in [5, 5.41) is 15.0. The van der Waals surface area contributed by atoms with Gasteiger partial charge in [-0.1, -0.05) is 0 Å². The molecule has 2 heterocycles. The summed E-state index contributed by atoms with van der Waals surface area (Å²) in [5.41, 5.74) is 0.556. The van der Waals surface area contributed by atoms with Crippen LogP contribution in [0.5, 0.6) is 17.2 Å². The molecule has 148 valence electrons. The Kier molecular flexibility index (Phi) is 5.03. The number of hydrogen-bond acceptors (Lipinski definition) is 9. The lowest BCUT2D eigenvalue weighted by Crippen LogP contribution is -2.18. The van der Waals surface area contributed by atoms with Crippen LogP contribution in [0, 0.1) is 17.0 Å². The van der Waals surface area contributed by atoms with Crippen LogP contribution in [0.15, 0.2) is 35.7 Å². The number of methoxy groups -OCH3 is 1. The summed E-state index contributed by atoms with van der Waals surface area (Å²) in [6.45, 7) is 1.54. The van der Waals surface area contributed by atoms with Crippen LogP contribution < -0.4 is 14.2 Å². The zero-order valence-electron chi connectivity index (χ0n) is 15.3. The molecule has 0 bridgehead atoms. The van der Waals surface area contributed by atoms with E-state index in [1.807, 2.05) is 24.4 Å². The highest BCUT2D eigenvalue weighted by molar-refractivity contribution is 7.21. The smallest absolute Gasteiger partial charge is 0.349 e. The zero-order valence-corrected chi connectivity index (χ0v) is 17.0. The molecule has 0 radical (unpaired) electrons. The molecule has 10 heteroatoms. The van der Waals surface area contributed by atoms with Crippen LogP contribution in [-0.4, -0.2) is 29.6 Å². The molecule has 4 aromatic rings. The summed E-state index contributed by atoms with van der Waals surface area (Å²) in [7, 11) is 1.39. The highest BCUT2D eigenvalue weighted by Crippen LogP contribution is 2.39. The number of nitro groups is 1. The molecule has 2 aromatic carbocycles. The van der Waals surface area contributed by atoms with Gasteiger partial charge in [0.25, 0.3) is 0 Å². The number of nitrogens with zero attached hydrogens (tertiary/aromatic N) is 2. The van der Waals surface area contributed by atoms with Crippen molar-refractivity contribution in [3.8, 4) is 17.2 Å². The van der Waals surface area contributed by atoms with Crippen molar-refractivity contribution in [1.82, 2.24) is 4.98 Å². The first-order chi connectivity index (χ1) is 14.0. The molecule has 8 nitrogen and oxygen atoms in total. The first-order valence-electron chi connectivity index (χ1n) is 8.39. The standard InChI is InChI=1S/C19H14N2O6S2/c1-10-20-18-16(29-10)8-15(12-5-6-28-19(12)18)26-9-17(22)27-14-4-3-11(25-2)7-13(14)21(23)24/h3-8H,9H2,1-2H3. The third-order valence-electron chi connectivity index (χ3n) is 4.10. The highest BCUT2D eigenvalue weighted by atomic mass is 32.1. The molecule has 0 atom stereocenters. The first-order valence-corrected chi connectivity index (χ1v) is 10.1. The van der Waals surface area contributed by atoms with E-state index in [1.54, 1.807) is 22.7 Å². The molecule has 0 saturated carbocycles. The molecule has 0 amide bonds. The number of carbonyl (C=O) groups excluding carboxylic acids is 1. The van der Waals surface area contributed by atoms with Gasteiger partial charge in [0.15, 0.2) is 6.61 Å². The molecular weight excluding hydrogens is 416 g/mol. The van der Waals surface area contributed by atoms with Gasteiger partial charge in [-0.05, 0) is 30.5 Å². The summed E-state index contributed by atoms with van der Waals surface area (Å²) >= 11 is 3.09. The van der Waals surface area contributed by atoms with E-state index in [4.69, 9.17) is 14.2 Å². The van der Waals surface area contributed by atoms with Crippen molar-refractivity contribution < 1.29 is 23.9 Å². The number of hydrogen-bond donors (Lipinski definition) is 0. The van der Waals surface area contributed by atoms with Crippen molar-refractivity contribution in [2.45, 2.75) is 6.92 Å². The van der Waals surface area contributed by atoms with Crippen molar-refractivity contribution in [3.05, 3.63) is 50.8 Å². The Balaban J connectivity index is 1.54. The molecule has 0 spiro atoms. The van der Waals surface area contributed by atoms with Gasteiger partial charge in [-0.2, -0.15) is 0 Å². The van der Waals surface area contributed by atoms with Gasteiger partial charge in [-0.3, -0.25) is 10.1 Å². The van der Waals surface area contributed by atoms with Gasteiger partial charge in [0.2, 0.25) is 5.75 Å². The second-order valence-electron chi connectivity index (χ2n) is 5.97. The summed E-state index contributed by atoms with van der Waals surface area (Å²) in [6, 6.07) is 7.74. The number of aromatic nitrogens is 1. The molecule has 0 aliphatic rings. The van der Waals surface area contributed by atoms with Crippen molar-refractivity contribution in [3.63, 3.8) is 0 Å². The largest absolute Gasteiger partial charge is 0.496 e. The third kappa shape index (κ3) is 3.71. The van der Waals surface area contributed by atoms with Gasteiger partial charge in [-0.25, -0.2) is 9.78 Å². The van der Waals surface area contributed by atoms with E-state index >= 15 is 0 Å². The average molecular weight is 430 g/mol. The third-order valence-corrected chi connectivity index (χ3v) is 5.94. The van der Waals surface area contributed by atoms with Crippen molar-refractivity contribution in [2.24, 2.45) is 0 Å². The Hall–Kier alpha value is -3.24. The Morgan fingerprint density at radius 1 is 1.24 bits per heavy atom. The molecular formula is C19H14N2O6S2. The maximum absolute atomic E-state index is 12.2. The van der Waals surface area contributed by atoms with E-state index in [2.05, 4.69) is 4.98 Å². The molecule has 0 saturated heterocycles. The first kappa shape index (κ1) is 19.1. The number of esters is 1. The van der Waals surface area contributed by atoms with Gasteiger partial charge in [-0.15, -0.1) is 22.7 Å². The van der Waals surface area contributed by atoms with Crippen molar-refractivity contribution >= 4 is 54.6 Å². The monoisotopic (exact) mass is 430 g/mol. The number of thiophene rings is 1. The second-order valence-corrected chi connectivity index (χ2v) is 8.12. The highest BCUT2D eigenvalue weighted by Gasteiger charge is 2.20. The molecule has 0 unspecified atom stereocenters. The minimum atomic E-state index is -0.748. The summed E-state index contributed by atoms with van der Waals surface area (Å²) in [4.78, 5) is 27.4. The predicted molar refractivity (Wildman–Crippen MR) is 111 cm³/mol. The van der Waals surface area contributed by atoms with E-state index < -0.39 is 17.5 Å². The van der Waals surface area contributed by atoms with E-state index in [0.717, 1.165) is 25.3 Å². The van der Waals surface area contributed by atoms with Crippen molar-refractivity contribution in [2.75, 3.05) is 13.7 Å². The number of rotatable bonds is 6. The molecule has 0 fully saturated rings. The molecule has 4 rings (SSSR count). The lowest BCUT2D eigenvalue weighted by molar-refractivity contribution is -0.385. The lowest BCUT2D eigenvalue weighted by atomic mass is 10.2. The van der Waals surface area contributed by atoms with Gasteiger partial charge < -0.3 is 14.2 Å². The van der Waals surface area contributed by atoms with Crippen LogP contribution in [-0.2, 0) is 4.79 Å². The Bertz CT molecular complexity index is 1250. The fourth-order valence-corrected chi connectivity index (χ4v) is 4.68. The number of nitro benzene ring substituents is 1. The predicted octanol–water partition coefficient (Wildman–Crippen LogP) is 4.72. The SMILES string of the molecule is COc1ccc(OC(=O)COc2cc3sc(C)nc3c3sccc23)c([N+](=O)[O-])c1. The number of carbonyl (C=O) groups is 1. The Morgan fingerprint density at radius 2 is 2.07 bits per heavy atom. The van der Waals surface area contributed by atoms with Crippen molar-refractivity contribution in [1.29, 1.82) is 0 Å². The topological polar surface area (TPSA) is 101 Å². The zero-order chi connectivity index (χ0) is 20.5. The molecule has 0 N–H and O–H groups in total. The minimum absolute atomic E-state index is 0.168. The van der Waals surface area contributed by atoms with Gasteiger partial charge in [0.05, 0.1) is 38.0 Å². The second kappa shape index (κ2) is 7.64. The number of ether oxygens (including phenoxy) is 3. The van der Waals surface area contributed by atoms with Gasteiger partial charge >= 0.3 is 11.7 Å². The van der Waals surface area contributed by atoms with Gasteiger partial charge in [0.1, 0.15) is 11.5 Å². The van der Waals surface area contributed by atoms with Crippen LogP contribution >= 0.6 is 22.7 Å². The Morgan fingerprint density at radius 3 is 2.83 bits per heavy atom. The number of benzene rings is 2. The summed E-state index contributed by atoms with van der Waals surface area (Å²) in [5.74, 6) is -0.0832. The van der Waals surface area contributed by atoms with Crippen LogP contribution in [0.4, 0.5) is 5.69 Å². The van der Waals surface area contributed by atoms with Crippen LogP contribution in [0.25, 0.3) is 20.3 Å². The fraction of sp³-hybridized carbons (Fsp3) is 0.158. The van der Waals surface area contributed by atoms with Gasteiger partial charge in [0, 0.05) is 11.5 Å². The van der Waals surface area contributed by atoms with Crippen LogP contribution in [0.1, 0.15) is 5.01 Å². The quantitative estimate of drug-likeness (QED) is 0.189. The summed E-state index contributed by atoms with van der Waals surface area (Å²) < 4.78 is 17.8. The van der Waals surface area contributed by atoms with Crippen LogP contribution in [0.2, 0.25) is 0 Å². The average Bonchev–Trinajstić information content (AvgIpc) is 3.32. The normalized spacial score (nSPS) is 11.0. The van der Waals surface area contributed by atoms with E-state index in [-0.39, 0.29) is 11.4 Å². The maximum atomic E-state index is 12.2. The number of aryl methyl sites for hydroxylation is 1. The fourth-order valence-electron chi connectivity index (χ4n) is 2.85. The van der Waals surface area contributed by atoms with E-state index in [0.29, 0.717) is 11.5 Å². The molecule has 29 heavy (non-hydrogen) atoms. The number of thiazole rings is 1. The Labute approximate surface area is 172 Å². The molecule has 2 aromatic heterocycles. The lowest BCUT2D eigenvalue weighted by Gasteiger charge is -2.09. The van der Waals surface area contributed by atoms with E-state index in [1.165, 1.54) is 25.3 Å².